The van der Waals surface area contributed by atoms with Crippen LogP contribution < -0.4 is 10.2 Å². The fourth-order valence-corrected chi connectivity index (χ4v) is 3.20. The molecular weight excluding hydrogens is 370 g/mol. The molecule has 0 saturated carbocycles. The van der Waals surface area contributed by atoms with E-state index < -0.39 is 5.60 Å². The van der Waals surface area contributed by atoms with E-state index in [4.69, 9.17) is 9.72 Å². The Bertz CT molecular complexity index is 758. The summed E-state index contributed by atoms with van der Waals surface area (Å²) in [7, 11) is 0. The van der Waals surface area contributed by atoms with Crippen molar-refractivity contribution < 1.29 is 9.53 Å². The molecule has 0 unspecified atom stereocenters. The highest BCUT2D eigenvalue weighted by atomic mass is 79.9. The lowest BCUT2D eigenvalue weighted by atomic mass is 10.2. The molecule has 5 nitrogen and oxygen atoms in total. The number of halogens is 1. The van der Waals surface area contributed by atoms with Crippen molar-refractivity contribution in [3.63, 3.8) is 0 Å². The molecule has 0 aliphatic carbocycles. The molecule has 128 valence electrons. The highest BCUT2D eigenvalue weighted by molar-refractivity contribution is 9.10. The predicted molar refractivity (Wildman–Crippen MR) is 99.4 cm³/mol. The zero-order valence-corrected chi connectivity index (χ0v) is 15.8. The fourth-order valence-electron chi connectivity index (χ4n) is 2.82. The van der Waals surface area contributed by atoms with Crippen LogP contribution in [0.3, 0.4) is 0 Å². The van der Waals surface area contributed by atoms with E-state index >= 15 is 0 Å². The average molecular weight is 392 g/mol. The quantitative estimate of drug-likeness (QED) is 0.836. The van der Waals surface area contributed by atoms with Gasteiger partial charge in [0.05, 0.1) is 11.6 Å². The fraction of sp³-hybridized carbons (Fsp3) is 0.444. The van der Waals surface area contributed by atoms with Crippen LogP contribution in [0.2, 0.25) is 0 Å². The zero-order valence-electron chi connectivity index (χ0n) is 14.2. The summed E-state index contributed by atoms with van der Waals surface area (Å²) in [6.45, 7) is 7.21. The van der Waals surface area contributed by atoms with Gasteiger partial charge in [0, 0.05) is 22.9 Å². The monoisotopic (exact) mass is 391 g/mol. The Kier molecular flexibility index (Phi) is 4.67. The standard InChI is InChI=1S/C18H22BrN3O2/c1-18(2,3)24-17(23)20-14-8-9-22(11-14)16-7-4-12-10-13(19)5-6-15(12)21-16/h4-7,10,14H,8-9,11H2,1-3H3,(H,20,23)/t14-/m0/s1. The van der Waals surface area contributed by atoms with Crippen molar-refractivity contribution in [2.24, 2.45) is 0 Å². The SMILES string of the molecule is CC(C)(C)OC(=O)N[C@H]1CCN(c2ccc3cc(Br)ccc3n2)C1. The number of rotatable bonds is 2. The second-order valence-corrected chi connectivity index (χ2v) is 8.00. The minimum Gasteiger partial charge on any atom is -0.444 e. The minimum atomic E-state index is -0.476. The number of nitrogens with one attached hydrogen (secondary N) is 1. The van der Waals surface area contributed by atoms with Gasteiger partial charge in [-0.3, -0.25) is 0 Å². The molecule has 0 radical (unpaired) electrons. The lowest BCUT2D eigenvalue weighted by molar-refractivity contribution is 0.0509. The number of benzene rings is 1. The Morgan fingerprint density at radius 3 is 2.88 bits per heavy atom. The van der Waals surface area contributed by atoms with E-state index in [1.807, 2.05) is 39.0 Å². The van der Waals surface area contributed by atoms with Gasteiger partial charge in [-0.05, 0) is 57.5 Å². The van der Waals surface area contributed by atoms with Gasteiger partial charge in [-0.2, -0.15) is 0 Å². The molecule has 1 aliphatic heterocycles. The number of carbonyl (C=O) groups is 1. The summed E-state index contributed by atoms with van der Waals surface area (Å²) < 4.78 is 6.37. The van der Waals surface area contributed by atoms with Crippen LogP contribution in [0.5, 0.6) is 0 Å². The largest absolute Gasteiger partial charge is 0.444 e. The normalized spacial score (nSPS) is 18.0. The highest BCUT2D eigenvalue weighted by Gasteiger charge is 2.26. The lowest BCUT2D eigenvalue weighted by Crippen LogP contribution is -2.40. The van der Waals surface area contributed by atoms with Gasteiger partial charge in [0.2, 0.25) is 0 Å². The van der Waals surface area contributed by atoms with Crippen molar-refractivity contribution in [3.05, 3.63) is 34.8 Å². The number of hydrogen-bond donors (Lipinski definition) is 1. The van der Waals surface area contributed by atoms with Crippen molar-refractivity contribution >= 4 is 38.7 Å². The zero-order chi connectivity index (χ0) is 17.3. The van der Waals surface area contributed by atoms with Gasteiger partial charge >= 0.3 is 6.09 Å². The summed E-state index contributed by atoms with van der Waals surface area (Å²) >= 11 is 3.48. The second-order valence-electron chi connectivity index (χ2n) is 7.08. The molecule has 24 heavy (non-hydrogen) atoms. The van der Waals surface area contributed by atoms with E-state index in [1.54, 1.807) is 0 Å². The molecule has 1 fully saturated rings. The summed E-state index contributed by atoms with van der Waals surface area (Å²) in [5.74, 6) is 0.943. The van der Waals surface area contributed by atoms with E-state index in [2.05, 4.69) is 38.3 Å². The third-order valence-corrected chi connectivity index (χ3v) is 4.36. The number of ether oxygens (including phenoxy) is 1. The molecule has 1 amide bonds. The third kappa shape index (κ3) is 4.17. The van der Waals surface area contributed by atoms with Crippen molar-refractivity contribution in [1.82, 2.24) is 10.3 Å². The number of aromatic nitrogens is 1. The van der Waals surface area contributed by atoms with E-state index in [0.29, 0.717) is 0 Å². The summed E-state index contributed by atoms with van der Waals surface area (Å²) in [5, 5.41) is 4.05. The number of fused-ring (bicyclic) bond motifs is 1. The maximum Gasteiger partial charge on any atom is 0.407 e. The first-order valence-corrected chi connectivity index (χ1v) is 8.90. The first-order chi connectivity index (χ1) is 11.3. The Morgan fingerprint density at radius 2 is 2.12 bits per heavy atom. The van der Waals surface area contributed by atoms with Gasteiger partial charge in [-0.15, -0.1) is 0 Å². The molecule has 6 heteroatoms. The van der Waals surface area contributed by atoms with Gasteiger partial charge in [0.1, 0.15) is 11.4 Å². The van der Waals surface area contributed by atoms with E-state index in [9.17, 15) is 4.79 Å². The molecule has 1 N–H and O–H groups in total. The average Bonchev–Trinajstić information content (AvgIpc) is 2.93. The lowest BCUT2D eigenvalue weighted by Gasteiger charge is -2.22. The number of nitrogens with zero attached hydrogens (tertiary/aromatic N) is 2. The molecule has 2 heterocycles. The Labute approximate surface area is 150 Å². The van der Waals surface area contributed by atoms with Crippen molar-refractivity contribution in [3.8, 4) is 0 Å². The Hall–Kier alpha value is -1.82. The molecule has 1 atom stereocenters. The van der Waals surface area contributed by atoms with Crippen LogP contribution in [-0.2, 0) is 4.74 Å². The molecule has 1 aromatic heterocycles. The molecule has 1 saturated heterocycles. The van der Waals surface area contributed by atoms with E-state index in [0.717, 1.165) is 40.7 Å². The molecule has 2 aromatic rings. The maximum absolute atomic E-state index is 11.9. The van der Waals surface area contributed by atoms with Crippen LogP contribution in [0.4, 0.5) is 10.6 Å². The van der Waals surface area contributed by atoms with Crippen LogP contribution in [0.15, 0.2) is 34.8 Å². The maximum atomic E-state index is 11.9. The Balaban J connectivity index is 1.65. The highest BCUT2D eigenvalue weighted by Crippen LogP contribution is 2.24. The summed E-state index contributed by atoms with van der Waals surface area (Å²) in [4.78, 5) is 18.8. The number of anilines is 1. The first kappa shape index (κ1) is 17.0. The number of carbonyl (C=O) groups excluding carboxylic acids is 1. The minimum absolute atomic E-state index is 0.0854. The van der Waals surface area contributed by atoms with Gasteiger partial charge in [-0.1, -0.05) is 15.9 Å². The third-order valence-electron chi connectivity index (χ3n) is 3.87. The van der Waals surface area contributed by atoms with Crippen LogP contribution in [0.25, 0.3) is 10.9 Å². The van der Waals surface area contributed by atoms with Crippen LogP contribution >= 0.6 is 15.9 Å². The van der Waals surface area contributed by atoms with Crippen LogP contribution in [0, 0.1) is 0 Å². The molecule has 0 bridgehead atoms. The molecule has 3 rings (SSSR count). The summed E-state index contributed by atoms with van der Waals surface area (Å²) in [5.41, 5.74) is 0.496. The molecular formula is C18H22BrN3O2. The number of alkyl carbamates (subject to hydrolysis) is 1. The van der Waals surface area contributed by atoms with Gasteiger partial charge in [0.25, 0.3) is 0 Å². The smallest absolute Gasteiger partial charge is 0.407 e. The Morgan fingerprint density at radius 1 is 1.33 bits per heavy atom. The second kappa shape index (κ2) is 6.59. The van der Waals surface area contributed by atoms with Gasteiger partial charge < -0.3 is 15.0 Å². The molecule has 1 aliphatic rings. The van der Waals surface area contributed by atoms with Crippen LogP contribution in [0.1, 0.15) is 27.2 Å². The van der Waals surface area contributed by atoms with Gasteiger partial charge in [0.15, 0.2) is 0 Å². The van der Waals surface area contributed by atoms with Crippen molar-refractivity contribution in [2.75, 3.05) is 18.0 Å². The van der Waals surface area contributed by atoms with Crippen molar-refractivity contribution in [2.45, 2.75) is 38.8 Å². The van der Waals surface area contributed by atoms with E-state index in [1.165, 1.54) is 0 Å². The predicted octanol–water partition coefficient (Wildman–Crippen LogP) is 4.10. The number of pyridine rings is 1. The van der Waals surface area contributed by atoms with Gasteiger partial charge in [-0.25, -0.2) is 9.78 Å². The molecule has 1 aromatic carbocycles. The number of amides is 1. The summed E-state index contributed by atoms with van der Waals surface area (Å²) in [6.07, 6.45) is 0.532. The van der Waals surface area contributed by atoms with E-state index in [-0.39, 0.29) is 12.1 Å². The van der Waals surface area contributed by atoms with Crippen molar-refractivity contribution in [1.29, 1.82) is 0 Å². The van der Waals surface area contributed by atoms with Crippen LogP contribution in [-0.4, -0.2) is 35.8 Å². The summed E-state index contributed by atoms with van der Waals surface area (Å²) in [6, 6.07) is 10.3. The number of hydrogen-bond acceptors (Lipinski definition) is 4. The first-order valence-electron chi connectivity index (χ1n) is 8.11. The molecule has 0 spiro atoms. The topological polar surface area (TPSA) is 54.5 Å².